The maximum Gasteiger partial charge on any atom is 0.187 e. The van der Waals surface area contributed by atoms with Crippen molar-refractivity contribution in [2.24, 2.45) is 0 Å². The second kappa shape index (κ2) is 3.30. The van der Waals surface area contributed by atoms with Crippen LogP contribution in [-0.4, -0.2) is 8.76 Å². The van der Waals surface area contributed by atoms with Crippen LogP contribution in [0.1, 0.15) is 0 Å². The number of nitrogens with two attached hydrogens (primary N) is 1. The third-order valence-corrected chi connectivity index (χ3v) is 2.67. The fraction of sp³-hybridized carbons (Fsp3) is 0. The van der Waals surface area contributed by atoms with Gasteiger partial charge in [-0.3, -0.25) is 0 Å². The first-order valence-electron chi connectivity index (χ1n) is 2.87. The SMILES string of the molecule is Nc1ccc(P)c(S(=O)O)c1. The maximum atomic E-state index is 10.6. The number of benzene rings is 1. The summed E-state index contributed by atoms with van der Waals surface area (Å²) in [6.07, 6.45) is 0. The molecule has 0 aliphatic carbocycles. The quantitative estimate of drug-likeness (QED) is 0.380. The van der Waals surface area contributed by atoms with Crippen LogP contribution in [0.3, 0.4) is 0 Å². The van der Waals surface area contributed by atoms with Crippen LogP contribution in [0.5, 0.6) is 0 Å². The molecule has 5 heteroatoms. The molecule has 0 heterocycles. The Hall–Kier alpha value is -0.440. The molecule has 0 saturated heterocycles. The number of rotatable bonds is 1. The van der Waals surface area contributed by atoms with Gasteiger partial charge >= 0.3 is 0 Å². The van der Waals surface area contributed by atoms with E-state index in [9.17, 15) is 4.21 Å². The van der Waals surface area contributed by atoms with Gasteiger partial charge in [0.15, 0.2) is 11.1 Å². The molecule has 0 aliphatic rings. The van der Waals surface area contributed by atoms with Gasteiger partial charge in [0.1, 0.15) is 0 Å². The highest BCUT2D eigenvalue weighted by molar-refractivity contribution is 7.79. The van der Waals surface area contributed by atoms with E-state index in [-0.39, 0.29) is 0 Å². The van der Waals surface area contributed by atoms with E-state index in [2.05, 4.69) is 9.24 Å². The first kappa shape index (κ1) is 8.65. The first-order chi connectivity index (χ1) is 5.11. The molecule has 2 atom stereocenters. The lowest BCUT2D eigenvalue weighted by Gasteiger charge is -2.00. The minimum absolute atomic E-state index is 0.343. The summed E-state index contributed by atoms with van der Waals surface area (Å²) in [7, 11) is 2.37. The van der Waals surface area contributed by atoms with Crippen LogP contribution in [0.2, 0.25) is 0 Å². The second-order valence-electron chi connectivity index (χ2n) is 2.05. The predicted octanol–water partition coefficient (Wildman–Crippen LogP) is 0.350. The first-order valence-corrected chi connectivity index (χ1v) is 4.55. The standard InChI is InChI=1S/C6H8NO2PS/c7-4-1-2-5(10)6(3-4)11(8)9/h1-3H,7,10H2,(H,8,9). The number of hydrogen-bond acceptors (Lipinski definition) is 2. The van der Waals surface area contributed by atoms with Crippen LogP contribution < -0.4 is 11.0 Å². The topological polar surface area (TPSA) is 63.3 Å². The van der Waals surface area contributed by atoms with E-state index in [0.29, 0.717) is 15.9 Å². The average molecular weight is 189 g/mol. The molecular weight excluding hydrogens is 181 g/mol. The highest BCUT2D eigenvalue weighted by atomic mass is 32.2. The molecule has 0 aliphatic heterocycles. The van der Waals surface area contributed by atoms with Gasteiger partial charge in [0.25, 0.3) is 0 Å². The van der Waals surface area contributed by atoms with Gasteiger partial charge < -0.3 is 10.3 Å². The third kappa shape index (κ3) is 1.99. The van der Waals surface area contributed by atoms with Crippen LogP contribution in [0.25, 0.3) is 0 Å². The summed E-state index contributed by atoms with van der Waals surface area (Å²) in [4.78, 5) is 0.343. The molecule has 0 saturated carbocycles. The Morgan fingerprint density at radius 1 is 1.55 bits per heavy atom. The van der Waals surface area contributed by atoms with Crippen LogP contribution in [0.4, 0.5) is 5.69 Å². The zero-order valence-electron chi connectivity index (χ0n) is 5.65. The molecule has 0 aromatic heterocycles. The lowest BCUT2D eigenvalue weighted by molar-refractivity contribution is 0.565. The van der Waals surface area contributed by atoms with Gasteiger partial charge in [-0.15, -0.1) is 9.24 Å². The van der Waals surface area contributed by atoms with Gasteiger partial charge in [0, 0.05) is 5.69 Å². The molecular formula is C6H8NO2PS. The van der Waals surface area contributed by atoms with Gasteiger partial charge in [-0.2, -0.15) is 0 Å². The number of hydrogen-bond donors (Lipinski definition) is 2. The van der Waals surface area contributed by atoms with Crippen molar-refractivity contribution in [1.29, 1.82) is 0 Å². The van der Waals surface area contributed by atoms with Crippen LogP contribution in [0.15, 0.2) is 23.1 Å². The van der Waals surface area contributed by atoms with Gasteiger partial charge in [0.05, 0.1) is 4.90 Å². The second-order valence-corrected chi connectivity index (χ2v) is 3.61. The zero-order chi connectivity index (χ0) is 8.43. The molecule has 0 amide bonds. The molecule has 1 aromatic carbocycles. The number of nitrogen functional groups attached to an aromatic ring is 1. The Kier molecular flexibility index (Phi) is 2.60. The molecule has 11 heavy (non-hydrogen) atoms. The van der Waals surface area contributed by atoms with Gasteiger partial charge in [-0.1, -0.05) is 6.07 Å². The summed E-state index contributed by atoms with van der Waals surface area (Å²) in [6.45, 7) is 0. The van der Waals surface area contributed by atoms with Crippen molar-refractivity contribution >= 4 is 31.3 Å². The van der Waals surface area contributed by atoms with Crippen molar-refractivity contribution in [2.45, 2.75) is 4.90 Å². The summed E-state index contributed by atoms with van der Waals surface area (Å²) in [6, 6.07) is 4.85. The lowest BCUT2D eigenvalue weighted by Crippen LogP contribution is -2.04. The molecule has 0 radical (unpaired) electrons. The van der Waals surface area contributed by atoms with Crippen molar-refractivity contribution in [3.05, 3.63) is 18.2 Å². The zero-order valence-corrected chi connectivity index (χ0v) is 7.62. The molecule has 3 N–H and O–H groups in total. The van der Waals surface area contributed by atoms with Gasteiger partial charge in [-0.25, -0.2) is 4.21 Å². The third-order valence-electron chi connectivity index (χ3n) is 1.23. The van der Waals surface area contributed by atoms with Crippen molar-refractivity contribution < 1.29 is 8.76 Å². The van der Waals surface area contributed by atoms with E-state index in [0.717, 1.165) is 0 Å². The monoisotopic (exact) mass is 189 g/mol. The average Bonchev–Trinajstić information content (AvgIpc) is 1.94. The molecule has 2 unspecified atom stereocenters. The molecule has 3 nitrogen and oxygen atoms in total. The molecule has 60 valence electrons. The maximum absolute atomic E-state index is 10.6. The summed E-state index contributed by atoms with van der Waals surface area (Å²) in [5.74, 6) is 0. The summed E-state index contributed by atoms with van der Waals surface area (Å²) in [5.41, 5.74) is 5.90. The molecule has 1 aromatic rings. The molecule has 1 rings (SSSR count). The molecule has 0 bridgehead atoms. The Bertz CT molecular complexity index is 303. The molecule has 0 fully saturated rings. The fourth-order valence-corrected chi connectivity index (χ4v) is 1.69. The van der Waals surface area contributed by atoms with Crippen molar-refractivity contribution in [2.75, 3.05) is 5.73 Å². The smallest absolute Gasteiger partial charge is 0.187 e. The van der Waals surface area contributed by atoms with E-state index in [1.54, 1.807) is 12.1 Å². The highest BCUT2D eigenvalue weighted by Crippen LogP contribution is 2.09. The van der Waals surface area contributed by atoms with E-state index in [1.807, 2.05) is 0 Å². The minimum atomic E-state index is -1.95. The van der Waals surface area contributed by atoms with Crippen molar-refractivity contribution in [3.63, 3.8) is 0 Å². The van der Waals surface area contributed by atoms with Crippen molar-refractivity contribution in [1.82, 2.24) is 0 Å². The van der Waals surface area contributed by atoms with E-state index >= 15 is 0 Å². The summed E-state index contributed by atoms with van der Waals surface area (Å²) < 4.78 is 19.3. The van der Waals surface area contributed by atoms with Crippen LogP contribution >= 0.6 is 9.24 Å². The Balaban J connectivity index is 3.23. The van der Waals surface area contributed by atoms with Gasteiger partial charge in [-0.05, 0) is 17.4 Å². The fourth-order valence-electron chi connectivity index (χ4n) is 0.702. The summed E-state index contributed by atoms with van der Waals surface area (Å²) in [5, 5.41) is 0.694. The van der Waals surface area contributed by atoms with E-state index in [4.69, 9.17) is 10.3 Å². The predicted molar refractivity (Wildman–Crippen MR) is 49.2 cm³/mol. The Morgan fingerprint density at radius 2 is 2.18 bits per heavy atom. The largest absolute Gasteiger partial charge is 0.399 e. The van der Waals surface area contributed by atoms with Crippen LogP contribution in [0, 0.1) is 0 Å². The van der Waals surface area contributed by atoms with E-state index < -0.39 is 11.1 Å². The minimum Gasteiger partial charge on any atom is -0.399 e. The highest BCUT2D eigenvalue weighted by Gasteiger charge is 2.03. The van der Waals surface area contributed by atoms with Gasteiger partial charge in [0.2, 0.25) is 0 Å². The van der Waals surface area contributed by atoms with E-state index in [1.165, 1.54) is 6.07 Å². The number of anilines is 1. The van der Waals surface area contributed by atoms with Crippen LogP contribution in [-0.2, 0) is 11.1 Å². The summed E-state index contributed by atoms with van der Waals surface area (Å²) >= 11 is -1.95. The Morgan fingerprint density at radius 3 is 2.64 bits per heavy atom. The Labute approximate surface area is 69.5 Å². The normalized spacial score (nSPS) is 12.9. The molecule has 0 spiro atoms. The van der Waals surface area contributed by atoms with Crippen molar-refractivity contribution in [3.8, 4) is 0 Å². The lowest BCUT2D eigenvalue weighted by atomic mass is 10.3.